The summed E-state index contributed by atoms with van der Waals surface area (Å²) < 4.78 is 0. The molecule has 7 heteroatoms. The van der Waals surface area contributed by atoms with Gasteiger partial charge in [-0.1, -0.05) is 23.9 Å². The fourth-order valence-electron chi connectivity index (χ4n) is 1.99. The largest absolute Gasteiger partial charge is 0.478 e. The van der Waals surface area contributed by atoms with Gasteiger partial charge >= 0.3 is 5.97 Å². The molecule has 0 saturated heterocycles. The monoisotopic (exact) mass is 288 g/mol. The number of anilines is 2. The number of carboxylic acids is 1. The molecule has 2 N–H and O–H groups in total. The van der Waals surface area contributed by atoms with E-state index in [1.54, 1.807) is 0 Å². The third-order valence-corrected chi connectivity index (χ3v) is 4.01. The number of benzene rings is 2. The lowest BCUT2D eigenvalue weighted by Gasteiger charge is -2.20. The van der Waals surface area contributed by atoms with E-state index in [1.807, 2.05) is 24.3 Å². The lowest BCUT2D eigenvalue weighted by molar-refractivity contribution is -0.384. The Labute approximate surface area is 117 Å². The van der Waals surface area contributed by atoms with Crippen molar-refractivity contribution < 1.29 is 14.8 Å². The Balaban J connectivity index is 2.19. The molecule has 0 bridgehead atoms. The van der Waals surface area contributed by atoms with Crippen molar-refractivity contribution in [3.63, 3.8) is 0 Å². The van der Waals surface area contributed by atoms with Gasteiger partial charge in [0.2, 0.25) is 0 Å². The van der Waals surface area contributed by atoms with E-state index in [1.165, 1.54) is 17.8 Å². The summed E-state index contributed by atoms with van der Waals surface area (Å²) in [6.45, 7) is 0. The van der Waals surface area contributed by atoms with E-state index in [-0.39, 0.29) is 11.3 Å². The average Bonchev–Trinajstić information content (AvgIpc) is 2.43. The summed E-state index contributed by atoms with van der Waals surface area (Å²) in [5, 5.41) is 23.2. The molecule has 0 saturated carbocycles. The van der Waals surface area contributed by atoms with Gasteiger partial charge in [0.1, 0.15) is 5.69 Å². The van der Waals surface area contributed by atoms with Gasteiger partial charge in [-0.3, -0.25) is 10.1 Å². The molecule has 0 aliphatic carbocycles. The van der Waals surface area contributed by atoms with Crippen molar-refractivity contribution in [3.8, 4) is 0 Å². The highest BCUT2D eigenvalue weighted by Crippen LogP contribution is 2.48. The second kappa shape index (κ2) is 4.53. The van der Waals surface area contributed by atoms with Gasteiger partial charge in [-0.15, -0.1) is 0 Å². The van der Waals surface area contributed by atoms with Gasteiger partial charge in [-0.25, -0.2) is 4.79 Å². The molecule has 0 fully saturated rings. The number of hydrogen-bond donors (Lipinski definition) is 2. The van der Waals surface area contributed by atoms with Crippen LogP contribution < -0.4 is 5.32 Å². The van der Waals surface area contributed by atoms with Crippen LogP contribution in [0, 0.1) is 10.1 Å². The number of fused-ring (bicyclic) bond motifs is 2. The van der Waals surface area contributed by atoms with Crippen molar-refractivity contribution in [2.24, 2.45) is 0 Å². The van der Waals surface area contributed by atoms with Crippen LogP contribution in [-0.2, 0) is 0 Å². The third kappa shape index (κ3) is 1.97. The first-order valence-corrected chi connectivity index (χ1v) is 6.47. The number of rotatable bonds is 2. The molecule has 1 aliphatic rings. The van der Waals surface area contributed by atoms with Crippen LogP contribution in [0.15, 0.2) is 46.2 Å². The van der Waals surface area contributed by atoms with Crippen LogP contribution in [0.2, 0.25) is 0 Å². The van der Waals surface area contributed by atoms with Crippen molar-refractivity contribution in [3.05, 3.63) is 52.1 Å². The molecule has 1 heterocycles. The quantitative estimate of drug-likeness (QED) is 0.554. The molecule has 2 aromatic rings. The Kier molecular flexibility index (Phi) is 2.83. The van der Waals surface area contributed by atoms with E-state index >= 15 is 0 Å². The zero-order chi connectivity index (χ0) is 14.3. The fourth-order valence-corrected chi connectivity index (χ4v) is 3.04. The van der Waals surface area contributed by atoms with Crippen LogP contribution in [0.5, 0.6) is 0 Å². The number of nitrogens with one attached hydrogen (secondary N) is 1. The number of nitrogens with zero attached hydrogens (tertiary/aromatic N) is 1. The number of nitro benzene ring substituents is 1. The van der Waals surface area contributed by atoms with E-state index < -0.39 is 10.9 Å². The Morgan fingerprint density at radius 3 is 2.70 bits per heavy atom. The summed E-state index contributed by atoms with van der Waals surface area (Å²) in [6, 6.07) is 9.89. The average molecular weight is 288 g/mol. The van der Waals surface area contributed by atoms with Crippen molar-refractivity contribution in [1.82, 2.24) is 0 Å². The summed E-state index contributed by atoms with van der Waals surface area (Å²) in [6.07, 6.45) is 0. The van der Waals surface area contributed by atoms with Gasteiger partial charge in [0, 0.05) is 15.9 Å². The zero-order valence-electron chi connectivity index (χ0n) is 9.99. The van der Waals surface area contributed by atoms with E-state index in [0.717, 1.165) is 16.6 Å². The summed E-state index contributed by atoms with van der Waals surface area (Å²) in [7, 11) is 0. The molecule has 0 radical (unpaired) electrons. The number of nitro groups is 1. The van der Waals surface area contributed by atoms with Crippen molar-refractivity contribution in [1.29, 1.82) is 0 Å². The second-order valence-electron chi connectivity index (χ2n) is 4.15. The molecule has 0 unspecified atom stereocenters. The lowest BCUT2D eigenvalue weighted by atomic mass is 10.1. The molecule has 2 aromatic carbocycles. The van der Waals surface area contributed by atoms with Gasteiger partial charge < -0.3 is 10.4 Å². The number of hydrogen-bond acceptors (Lipinski definition) is 5. The summed E-state index contributed by atoms with van der Waals surface area (Å²) in [5.74, 6) is -1.18. The highest BCUT2D eigenvalue weighted by molar-refractivity contribution is 7.99. The molecule has 20 heavy (non-hydrogen) atoms. The van der Waals surface area contributed by atoms with E-state index in [0.29, 0.717) is 10.6 Å². The van der Waals surface area contributed by atoms with Gasteiger partial charge in [0.15, 0.2) is 0 Å². The predicted molar refractivity (Wildman–Crippen MR) is 73.9 cm³/mol. The molecule has 0 spiro atoms. The van der Waals surface area contributed by atoms with Crippen LogP contribution in [-0.4, -0.2) is 16.0 Å². The molecule has 1 aliphatic heterocycles. The van der Waals surface area contributed by atoms with Crippen molar-refractivity contribution in [2.75, 3.05) is 5.32 Å². The topological polar surface area (TPSA) is 92.5 Å². The Morgan fingerprint density at radius 2 is 2.00 bits per heavy atom. The van der Waals surface area contributed by atoms with Gasteiger partial charge in [-0.2, -0.15) is 0 Å². The standard InChI is InChI=1S/C13H8N2O4S/c16-13(17)7-5-9(15(18)19)12-11(6-7)20-10-4-2-1-3-8(10)14-12/h1-6,14H,(H,16,17). The van der Waals surface area contributed by atoms with Crippen molar-refractivity contribution >= 4 is 34.8 Å². The maximum Gasteiger partial charge on any atom is 0.335 e. The highest BCUT2D eigenvalue weighted by Gasteiger charge is 2.26. The molecule has 100 valence electrons. The zero-order valence-corrected chi connectivity index (χ0v) is 10.8. The van der Waals surface area contributed by atoms with Gasteiger partial charge in [0.05, 0.1) is 16.2 Å². The molecule has 6 nitrogen and oxygen atoms in total. The van der Waals surface area contributed by atoms with E-state index in [9.17, 15) is 14.9 Å². The van der Waals surface area contributed by atoms with E-state index in [2.05, 4.69) is 5.32 Å². The minimum absolute atomic E-state index is 0.0934. The maximum atomic E-state index is 11.1. The van der Waals surface area contributed by atoms with Crippen LogP contribution in [0.3, 0.4) is 0 Å². The van der Waals surface area contributed by atoms with Crippen LogP contribution in [0.25, 0.3) is 0 Å². The Bertz CT molecular complexity index is 745. The molecule has 0 aromatic heterocycles. The highest BCUT2D eigenvalue weighted by atomic mass is 32.2. The van der Waals surface area contributed by atoms with Gasteiger partial charge in [0.25, 0.3) is 5.69 Å². The lowest BCUT2D eigenvalue weighted by Crippen LogP contribution is -2.06. The predicted octanol–water partition coefficient (Wildman–Crippen LogP) is 3.50. The first-order valence-electron chi connectivity index (χ1n) is 5.66. The van der Waals surface area contributed by atoms with Crippen LogP contribution >= 0.6 is 11.8 Å². The molecular weight excluding hydrogens is 280 g/mol. The molecule has 3 rings (SSSR count). The minimum Gasteiger partial charge on any atom is -0.478 e. The Hall–Kier alpha value is -2.54. The third-order valence-electron chi connectivity index (χ3n) is 2.89. The first-order chi connectivity index (χ1) is 9.56. The summed E-state index contributed by atoms with van der Waals surface area (Å²) >= 11 is 1.32. The Morgan fingerprint density at radius 1 is 1.25 bits per heavy atom. The number of carbonyl (C=O) groups is 1. The molecule has 0 amide bonds. The summed E-state index contributed by atoms with van der Waals surface area (Å²) in [4.78, 5) is 23.0. The summed E-state index contributed by atoms with van der Waals surface area (Å²) in [5.41, 5.74) is 0.783. The normalized spacial score (nSPS) is 12.0. The van der Waals surface area contributed by atoms with E-state index in [4.69, 9.17) is 5.11 Å². The van der Waals surface area contributed by atoms with Gasteiger partial charge in [-0.05, 0) is 18.2 Å². The SMILES string of the molecule is O=C(O)c1cc2c(c([N+](=O)[O-])c1)Nc1ccccc1S2. The number of carboxylic acid groups (broad SMARTS) is 1. The molecule has 0 atom stereocenters. The smallest absolute Gasteiger partial charge is 0.335 e. The van der Waals surface area contributed by atoms with Crippen molar-refractivity contribution in [2.45, 2.75) is 9.79 Å². The number of aromatic carboxylic acids is 1. The van der Waals surface area contributed by atoms with Crippen LogP contribution in [0.4, 0.5) is 17.1 Å². The fraction of sp³-hybridized carbons (Fsp3) is 0. The second-order valence-corrected chi connectivity index (χ2v) is 5.24. The molecular formula is C13H8N2O4S. The van der Waals surface area contributed by atoms with Crippen LogP contribution in [0.1, 0.15) is 10.4 Å². The maximum absolute atomic E-state index is 11.1. The first kappa shape index (κ1) is 12.5. The minimum atomic E-state index is -1.18. The number of para-hydroxylation sites is 1.